The molecular weight excluding hydrogens is 355 g/mol. The molecule has 0 radical (unpaired) electrons. The molecule has 1 N–H and O–H groups in total. The Morgan fingerprint density at radius 2 is 2.19 bits per heavy atom. The summed E-state index contributed by atoms with van der Waals surface area (Å²) < 4.78 is 19.6. The van der Waals surface area contributed by atoms with E-state index >= 15 is 0 Å². The van der Waals surface area contributed by atoms with Crippen molar-refractivity contribution in [1.29, 1.82) is 0 Å². The first-order valence-corrected chi connectivity index (χ1v) is 8.25. The quantitative estimate of drug-likeness (QED) is 0.778. The van der Waals surface area contributed by atoms with Gasteiger partial charge in [-0.15, -0.1) is 11.3 Å². The zero-order valence-electron chi connectivity index (χ0n) is 12.2. The third kappa shape index (κ3) is 4.10. The lowest BCUT2D eigenvalue weighted by atomic mass is 10.1. The summed E-state index contributed by atoms with van der Waals surface area (Å²) in [4.78, 5) is 5.79. The van der Waals surface area contributed by atoms with Crippen LogP contribution >= 0.6 is 27.3 Å². The fraction of sp³-hybridized carbons (Fsp3) is 0.400. The lowest BCUT2D eigenvalue weighted by Crippen LogP contribution is -2.26. The molecule has 0 fully saturated rings. The number of benzene rings is 1. The van der Waals surface area contributed by atoms with E-state index in [1.165, 1.54) is 10.9 Å². The fourth-order valence-electron chi connectivity index (χ4n) is 1.99. The molecule has 0 aliphatic carbocycles. The summed E-state index contributed by atoms with van der Waals surface area (Å²) in [5, 5.41) is 4.33. The minimum absolute atomic E-state index is 0.150. The third-order valence-corrected chi connectivity index (χ3v) is 5.08. The van der Waals surface area contributed by atoms with E-state index in [0.29, 0.717) is 13.2 Å². The number of aryl methyl sites for hydroxylation is 2. The largest absolute Gasteiger partial charge is 0.383 e. The predicted molar refractivity (Wildman–Crippen MR) is 87.4 cm³/mol. The molecule has 0 bridgehead atoms. The summed E-state index contributed by atoms with van der Waals surface area (Å²) in [5.74, 6) is -0.253. The Morgan fingerprint density at radius 3 is 2.81 bits per heavy atom. The first-order valence-electron chi connectivity index (χ1n) is 6.64. The highest BCUT2D eigenvalue weighted by molar-refractivity contribution is 9.10. The number of halogens is 2. The van der Waals surface area contributed by atoms with E-state index in [-0.39, 0.29) is 11.9 Å². The van der Waals surface area contributed by atoms with Crippen LogP contribution in [-0.4, -0.2) is 25.2 Å². The number of thiazole rings is 1. The normalized spacial score (nSPS) is 12.6. The lowest BCUT2D eigenvalue weighted by Gasteiger charge is -2.18. The average Bonchev–Trinajstić information content (AvgIpc) is 2.78. The van der Waals surface area contributed by atoms with Crippen LogP contribution in [0.1, 0.15) is 27.2 Å². The zero-order valence-corrected chi connectivity index (χ0v) is 14.6. The van der Waals surface area contributed by atoms with Gasteiger partial charge in [-0.25, -0.2) is 9.37 Å². The number of hydrogen-bond acceptors (Lipinski definition) is 4. The number of nitrogens with zero attached hydrogens (tertiary/aromatic N) is 1. The van der Waals surface area contributed by atoms with Crippen LogP contribution in [0.5, 0.6) is 0 Å². The van der Waals surface area contributed by atoms with Gasteiger partial charge in [0, 0.05) is 23.0 Å². The maximum absolute atomic E-state index is 13.6. The van der Waals surface area contributed by atoms with E-state index in [9.17, 15) is 4.39 Å². The van der Waals surface area contributed by atoms with Crippen LogP contribution in [-0.2, 0) is 4.74 Å². The number of methoxy groups -OCH3 is 1. The van der Waals surface area contributed by atoms with Crippen molar-refractivity contribution in [2.24, 2.45) is 0 Å². The van der Waals surface area contributed by atoms with Crippen molar-refractivity contribution in [3.8, 4) is 0 Å². The standard InChI is InChI=1S/C15H18BrFN2OS/c1-9-10(2)21-15(19-9)14(18-6-7-20-3)12-8-11(17)4-5-13(12)16/h4-5,8,14,18H,6-7H2,1-3H3. The van der Waals surface area contributed by atoms with Gasteiger partial charge in [0.2, 0.25) is 0 Å². The van der Waals surface area contributed by atoms with E-state index in [1.54, 1.807) is 30.6 Å². The summed E-state index contributed by atoms with van der Waals surface area (Å²) in [5.41, 5.74) is 1.86. The molecule has 6 heteroatoms. The fourth-order valence-corrected chi connectivity index (χ4v) is 3.49. The monoisotopic (exact) mass is 372 g/mol. The molecule has 1 unspecified atom stereocenters. The van der Waals surface area contributed by atoms with Gasteiger partial charge in [-0.2, -0.15) is 0 Å². The van der Waals surface area contributed by atoms with Gasteiger partial charge in [-0.3, -0.25) is 0 Å². The van der Waals surface area contributed by atoms with Gasteiger partial charge in [-0.1, -0.05) is 15.9 Å². The molecule has 2 rings (SSSR count). The van der Waals surface area contributed by atoms with Crippen molar-refractivity contribution in [2.75, 3.05) is 20.3 Å². The van der Waals surface area contributed by atoms with Crippen molar-refractivity contribution >= 4 is 27.3 Å². The van der Waals surface area contributed by atoms with Crippen molar-refractivity contribution in [3.63, 3.8) is 0 Å². The minimum Gasteiger partial charge on any atom is -0.383 e. The van der Waals surface area contributed by atoms with Crippen LogP contribution in [0.3, 0.4) is 0 Å². The SMILES string of the molecule is COCCNC(c1nc(C)c(C)s1)c1cc(F)ccc1Br. The Balaban J connectivity index is 2.37. The van der Waals surface area contributed by atoms with Gasteiger partial charge in [0.15, 0.2) is 0 Å². The second kappa shape index (κ2) is 7.45. The Bertz CT molecular complexity index is 598. The molecule has 0 saturated carbocycles. The summed E-state index contributed by atoms with van der Waals surface area (Å²) in [6.07, 6.45) is 0. The van der Waals surface area contributed by atoms with E-state index in [0.717, 1.165) is 20.7 Å². The zero-order chi connectivity index (χ0) is 15.4. The summed E-state index contributed by atoms with van der Waals surface area (Å²) in [6, 6.07) is 4.56. The molecule has 114 valence electrons. The molecule has 1 aromatic heterocycles. The first kappa shape index (κ1) is 16.5. The molecule has 1 heterocycles. The molecule has 2 aromatic rings. The maximum Gasteiger partial charge on any atom is 0.123 e. The first-order chi connectivity index (χ1) is 10.0. The van der Waals surface area contributed by atoms with Crippen LogP contribution in [0.25, 0.3) is 0 Å². The van der Waals surface area contributed by atoms with Crippen LogP contribution in [0.15, 0.2) is 22.7 Å². The topological polar surface area (TPSA) is 34.1 Å². The average molecular weight is 373 g/mol. The number of ether oxygens (including phenoxy) is 1. The van der Waals surface area contributed by atoms with Crippen molar-refractivity contribution < 1.29 is 9.13 Å². The van der Waals surface area contributed by atoms with Crippen LogP contribution in [0.2, 0.25) is 0 Å². The Kier molecular flexibility index (Phi) is 5.87. The number of hydrogen-bond donors (Lipinski definition) is 1. The van der Waals surface area contributed by atoms with Gasteiger partial charge in [-0.05, 0) is 37.6 Å². The van der Waals surface area contributed by atoms with Gasteiger partial charge in [0.05, 0.1) is 18.3 Å². The lowest BCUT2D eigenvalue weighted by molar-refractivity contribution is 0.197. The molecular formula is C15H18BrFN2OS. The molecule has 0 spiro atoms. The third-order valence-electron chi connectivity index (χ3n) is 3.22. The Morgan fingerprint density at radius 1 is 1.43 bits per heavy atom. The van der Waals surface area contributed by atoms with Crippen LogP contribution in [0.4, 0.5) is 4.39 Å². The van der Waals surface area contributed by atoms with Crippen LogP contribution in [0, 0.1) is 19.7 Å². The van der Waals surface area contributed by atoms with Gasteiger partial charge < -0.3 is 10.1 Å². The Labute approximate surface area is 136 Å². The van der Waals surface area contributed by atoms with E-state index in [1.807, 2.05) is 13.8 Å². The van der Waals surface area contributed by atoms with Crippen molar-refractivity contribution in [2.45, 2.75) is 19.9 Å². The smallest absolute Gasteiger partial charge is 0.123 e. The maximum atomic E-state index is 13.6. The van der Waals surface area contributed by atoms with E-state index < -0.39 is 0 Å². The van der Waals surface area contributed by atoms with Crippen LogP contribution < -0.4 is 5.32 Å². The van der Waals surface area contributed by atoms with Gasteiger partial charge in [0.1, 0.15) is 10.8 Å². The number of rotatable bonds is 6. The summed E-state index contributed by atoms with van der Waals surface area (Å²) in [7, 11) is 1.66. The van der Waals surface area contributed by atoms with Crippen molar-refractivity contribution in [3.05, 3.63) is 49.6 Å². The van der Waals surface area contributed by atoms with Gasteiger partial charge >= 0.3 is 0 Å². The highest BCUT2D eigenvalue weighted by atomic mass is 79.9. The molecule has 21 heavy (non-hydrogen) atoms. The summed E-state index contributed by atoms with van der Waals surface area (Å²) >= 11 is 5.13. The molecule has 3 nitrogen and oxygen atoms in total. The minimum atomic E-state index is -0.253. The predicted octanol–water partition coefficient (Wildman–Crippen LogP) is 3.99. The van der Waals surface area contributed by atoms with E-state index in [4.69, 9.17) is 4.74 Å². The highest BCUT2D eigenvalue weighted by Crippen LogP contribution is 2.32. The molecule has 0 aliphatic heterocycles. The molecule has 1 aromatic carbocycles. The van der Waals surface area contributed by atoms with Crippen molar-refractivity contribution in [1.82, 2.24) is 10.3 Å². The molecule has 0 aliphatic rings. The van der Waals surface area contributed by atoms with E-state index in [2.05, 4.69) is 26.2 Å². The molecule has 0 amide bonds. The summed E-state index contributed by atoms with van der Waals surface area (Å²) in [6.45, 7) is 5.29. The number of nitrogens with one attached hydrogen (secondary N) is 1. The molecule has 0 saturated heterocycles. The highest BCUT2D eigenvalue weighted by Gasteiger charge is 2.21. The van der Waals surface area contributed by atoms with Gasteiger partial charge in [0.25, 0.3) is 0 Å². The Hall–Kier alpha value is -0.820. The molecule has 1 atom stereocenters. The number of aromatic nitrogens is 1. The second-order valence-corrected chi connectivity index (χ2v) is 6.83. The second-order valence-electron chi connectivity index (χ2n) is 4.74.